The van der Waals surface area contributed by atoms with Gasteiger partial charge in [0.05, 0.1) is 0 Å². The second-order valence-corrected chi connectivity index (χ2v) is 10.4. The monoisotopic (exact) mass is 869 g/mol. The van der Waals surface area contributed by atoms with E-state index in [2.05, 4.69) is 184 Å². The quantitative estimate of drug-likeness (QED) is 0.142. The molecule has 0 bridgehead atoms. The van der Waals surface area contributed by atoms with Gasteiger partial charge in [-0.05, 0) is 46.2 Å². The van der Waals surface area contributed by atoms with Crippen LogP contribution in [0.2, 0.25) is 0 Å². The van der Waals surface area contributed by atoms with Gasteiger partial charge in [0.1, 0.15) is 0 Å². The van der Waals surface area contributed by atoms with Crippen molar-refractivity contribution < 1.29 is 0 Å². The van der Waals surface area contributed by atoms with Crippen LogP contribution in [-0.4, -0.2) is 0 Å². The lowest BCUT2D eigenvalue weighted by molar-refractivity contribution is 1.48. The highest BCUT2D eigenvalue weighted by atomic mass is 13.9. The highest BCUT2D eigenvalue weighted by molar-refractivity contribution is 5.83. The van der Waals surface area contributed by atoms with Gasteiger partial charge < -0.3 is 0 Å². The zero-order valence-electron chi connectivity index (χ0n) is 45.6. The maximum absolute atomic E-state index is 2.12. The van der Waals surface area contributed by atoms with Gasteiger partial charge >= 0.3 is 0 Å². The predicted molar refractivity (Wildman–Crippen MR) is 308 cm³/mol. The summed E-state index contributed by atoms with van der Waals surface area (Å²) < 4.78 is 0. The van der Waals surface area contributed by atoms with E-state index in [9.17, 15) is 0 Å². The van der Waals surface area contributed by atoms with Gasteiger partial charge in [0.2, 0.25) is 0 Å². The highest BCUT2D eigenvalue weighted by Crippen LogP contribution is 2.13. The molecule has 0 saturated carbocycles. The molecule has 0 aliphatic rings. The van der Waals surface area contributed by atoms with Crippen LogP contribution in [-0.2, 0) is 0 Å². The Balaban J connectivity index is -0.000000116. The van der Waals surface area contributed by atoms with Crippen LogP contribution in [0.25, 0.3) is 32.3 Å². The molecule has 0 aromatic heterocycles. The molecule has 0 nitrogen and oxygen atoms in total. The van der Waals surface area contributed by atoms with Gasteiger partial charge in [-0.1, -0.05) is 356 Å². The Morgan fingerprint density at radius 3 is 0.312 bits per heavy atom. The van der Waals surface area contributed by atoms with Crippen molar-refractivity contribution >= 4 is 32.3 Å². The maximum Gasteiger partial charge on any atom is -0.0184 e. The van der Waals surface area contributed by atoms with Gasteiger partial charge in [0, 0.05) is 0 Å². The average Bonchev–Trinajstić information content (AvgIpc) is 3.43. The minimum atomic E-state index is 1.31. The molecule has 356 valence electrons. The van der Waals surface area contributed by atoms with E-state index >= 15 is 0 Å². The molecule has 0 aliphatic carbocycles. The fraction of sp³-hybridized carbons (Fsp3) is 0.344. The van der Waals surface area contributed by atoms with Gasteiger partial charge in [-0.2, -0.15) is 0 Å². The summed E-state index contributed by atoms with van der Waals surface area (Å²) in [4.78, 5) is 0. The van der Waals surface area contributed by atoms with Crippen LogP contribution in [0.1, 0.15) is 150 Å². The van der Waals surface area contributed by atoms with Crippen LogP contribution >= 0.6 is 0 Å². The van der Waals surface area contributed by atoms with Crippen LogP contribution in [0.5, 0.6) is 0 Å². The van der Waals surface area contributed by atoms with Gasteiger partial charge in [-0.15, -0.1) is 0 Å². The van der Waals surface area contributed by atoms with E-state index in [1.165, 1.54) is 43.4 Å². The van der Waals surface area contributed by atoms with Crippen molar-refractivity contribution in [2.45, 2.75) is 152 Å². The molecule has 8 aromatic carbocycles. The molecule has 0 amide bonds. The molecule has 0 heteroatoms. The minimum Gasteiger partial charge on any atom is -0.0683 e. The molecule has 0 atom stereocenters. The summed E-state index contributed by atoms with van der Waals surface area (Å²) >= 11 is 0. The first kappa shape index (κ1) is 73.0. The summed E-state index contributed by atoms with van der Waals surface area (Å²) in [5.74, 6) is 0. The normalized spacial score (nSPS) is 7.53. The molecule has 0 aliphatic heterocycles. The van der Waals surface area contributed by atoms with Gasteiger partial charge in [0.15, 0.2) is 0 Å². The molecule has 0 spiro atoms. The number of hydrogen-bond donors (Lipinski definition) is 0. The van der Waals surface area contributed by atoms with Crippen LogP contribution in [0.3, 0.4) is 0 Å². The van der Waals surface area contributed by atoms with Crippen molar-refractivity contribution in [3.63, 3.8) is 0 Å². The molecule has 0 saturated heterocycles. The molecule has 8 rings (SSSR count). The fourth-order valence-electron chi connectivity index (χ4n) is 4.47. The first-order valence-electron chi connectivity index (χ1n) is 25.0. The summed E-state index contributed by atoms with van der Waals surface area (Å²) in [6, 6.07) is 70.7. The molecule has 8 aromatic rings. The standard InChI is InChI=1S/3C10H8.2C7H8.10C2H6/c3*1-2-6-10-8-4-3-7-9(10)5-1;2*1-7-5-3-2-4-6-7;10*1-2/h3*1-8H;2*2-6H,1H3;10*1-2H3. The molecule has 64 heavy (non-hydrogen) atoms. The zero-order chi connectivity index (χ0) is 50.7. The summed E-state index contributed by atoms with van der Waals surface area (Å²) in [5.41, 5.74) is 2.64. The van der Waals surface area contributed by atoms with Crippen molar-refractivity contribution in [1.82, 2.24) is 0 Å². The largest absolute Gasteiger partial charge is 0.0683 e. The third-order valence-electron chi connectivity index (χ3n) is 6.86. The Hall–Kier alpha value is -5.46. The van der Waals surface area contributed by atoms with Crippen LogP contribution in [0, 0.1) is 13.8 Å². The van der Waals surface area contributed by atoms with Gasteiger partial charge in [-0.25, -0.2) is 0 Å². The van der Waals surface area contributed by atoms with Crippen LogP contribution in [0.4, 0.5) is 0 Å². The molecular formula is C64H100. The van der Waals surface area contributed by atoms with E-state index in [1.54, 1.807) is 0 Å². The van der Waals surface area contributed by atoms with E-state index in [1.807, 2.05) is 175 Å². The van der Waals surface area contributed by atoms with E-state index in [0.717, 1.165) is 0 Å². The first-order chi connectivity index (χ1) is 31.7. The Bertz CT molecular complexity index is 1520. The smallest absolute Gasteiger partial charge is 0.0184 e. The summed E-state index contributed by atoms with van der Waals surface area (Å²) in [6.45, 7) is 44.2. The average molecular weight is 870 g/mol. The summed E-state index contributed by atoms with van der Waals surface area (Å²) in [5, 5.41) is 7.86. The summed E-state index contributed by atoms with van der Waals surface area (Å²) in [7, 11) is 0. The van der Waals surface area contributed by atoms with E-state index in [-0.39, 0.29) is 0 Å². The molecular weight excluding hydrogens is 769 g/mol. The van der Waals surface area contributed by atoms with Crippen molar-refractivity contribution in [1.29, 1.82) is 0 Å². The Morgan fingerprint density at radius 2 is 0.234 bits per heavy atom. The number of fused-ring (bicyclic) bond motifs is 3. The lowest BCUT2D eigenvalue weighted by Crippen LogP contribution is -1.67. The number of aryl methyl sites for hydroxylation is 2. The van der Waals surface area contributed by atoms with E-state index in [4.69, 9.17) is 0 Å². The lowest BCUT2D eigenvalue weighted by atomic mass is 10.1. The molecule has 0 unspecified atom stereocenters. The second kappa shape index (κ2) is 66.6. The SMILES string of the molecule is CC.CC.CC.CC.CC.CC.CC.CC.CC.CC.Cc1ccccc1.Cc1ccccc1.c1ccc2ccccc2c1.c1ccc2ccccc2c1.c1ccc2ccccc2c1. The Morgan fingerprint density at radius 1 is 0.141 bits per heavy atom. The van der Waals surface area contributed by atoms with Crippen molar-refractivity contribution in [2.24, 2.45) is 0 Å². The predicted octanol–water partition coefficient (Wildman–Crippen LogP) is 22.8. The van der Waals surface area contributed by atoms with Crippen molar-refractivity contribution in [3.8, 4) is 0 Å². The second-order valence-electron chi connectivity index (χ2n) is 10.4. The Kier molecular flexibility index (Phi) is 76.0. The first-order valence-corrected chi connectivity index (χ1v) is 25.0. The third kappa shape index (κ3) is 41.9. The van der Waals surface area contributed by atoms with E-state index in [0.29, 0.717) is 0 Å². The summed E-state index contributed by atoms with van der Waals surface area (Å²) in [6.07, 6.45) is 0. The van der Waals surface area contributed by atoms with E-state index < -0.39 is 0 Å². The number of benzene rings is 8. The highest BCUT2D eigenvalue weighted by Gasteiger charge is 1.87. The molecule has 0 N–H and O–H groups in total. The van der Waals surface area contributed by atoms with Crippen LogP contribution < -0.4 is 0 Å². The topological polar surface area (TPSA) is 0 Å². The molecule has 0 radical (unpaired) electrons. The van der Waals surface area contributed by atoms with Crippen molar-refractivity contribution in [2.75, 3.05) is 0 Å². The maximum atomic E-state index is 2.12. The number of rotatable bonds is 0. The van der Waals surface area contributed by atoms with Gasteiger partial charge in [0.25, 0.3) is 0 Å². The lowest BCUT2D eigenvalue weighted by Gasteiger charge is -1.92. The molecule has 0 fully saturated rings. The molecule has 0 heterocycles. The Labute approximate surface area is 400 Å². The van der Waals surface area contributed by atoms with Gasteiger partial charge in [-0.3, -0.25) is 0 Å². The minimum absolute atomic E-state index is 1.31. The van der Waals surface area contributed by atoms with Crippen LogP contribution in [0.15, 0.2) is 206 Å². The number of hydrogen-bond acceptors (Lipinski definition) is 0. The third-order valence-corrected chi connectivity index (χ3v) is 6.86. The zero-order valence-corrected chi connectivity index (χ0v) is 45.6. The van der Waals surface area contributed by atoms with Crippen molar-refractivity contribution in [3.05, 3.63) is 217 Å². The fourth-order valence-corrected chi connectivity index (χ4v) is 4.47.